The number of carbonyl (C=O) groups is 1. The Hall–Kier alpha value is -1.49. The zero-order valence-electron chi connectivity index (χ0n) is 13.5. The molecule has 1 fully saturated rings. The van der Waals surface area contributed by atoms with Crippen LogP contribution in [0.1, 0.15) is 43.1 Å². The van der Waals surface area contributed by atoms with Crippen molar-refractivity contribution in [2.45, 2.75) is 45.2 Å². The molecule has 1 aromatic rings. The summed E-state index contributed by atoms with van der Waals surface area (Å²) in [5, 5.41) is 0. The maximum absolute atomic E-state index is 13.0. The molecule has 1 saturated carbocycles. The maximum atomic E-state index is 13.0. The third-order valence-corrected chi connectivity index (χ3v) is 4.29. The lowest BCUT2D eigenvalue weighted by atomic mass is 10.2. The molecular weight excluding hydrogens is 264 g/mol. The summed E-state index contributed by atoms with van der Waals surface area (Å²) in [6.45, 7) is 4.48. The van der Waals surface area contributed by atoms with Crippen LogP contribution in [-0.4, -0.2) is 53.5 Å². The Morgan fingerprint density at radius 1 is 1.33 bits per heavy atom. The average molecular weight is 292 g/mol. The van der Waals surface area contributed by atoms with E-state index in [9.17, 15) is 4.79 Å². The average Bonchev–Trinajstić information content (AvgIpc) is 3.07. The van der Waals surface area contributed by atoms with E-state index in [-0.39, 0.29) is 5.91 Å². The number of rotatable bonds is 6. The molecule has 0 spiro atoms. The van der Waals surface area contributed by atoms with Gasteiger partial charge in [-0.15, -0.1) is 0 Å². The molecule has 0 saturated heterocycles. The first-order valence-electron chi connectivity index (χ1n) is 7.94. The second-order valence-corrected chi connectivity index (χ2v) is 6.18. The molecule has 0 aromatic carbocycles. The topological polar surface area (TPSA) is 54.5 Å². The molecule has 1 aromatic heterocycles. The van der Waals surface area contributed by atoms with Gasteiger partial charge in [0, 0.05) is 31.9 Å². The van der Waals surface area contributed by atoms with E-state index in [0.717, 1.165) is 38.2 Å². The van der Waals surface area contributed by atoms with Gasteiger partial charge in [0.25, 0.3) is 5.91 Å². The summed E-state index contributed by atoms with van der Waals surface area (Å²) in [4.78, 5) is 17.2. The number of nitrogen functional groups attached to an aromatic ring is 1. The molecular formula is C16H28N4O. The summed E-state index contributed by atoms with van der Waals surface area (Å²) < 4.78 is 1.95. The summed E-state index contributed by atoms with van der Waals surface area (Å²) in [6, 6.07) is 2.20. The molecule has 5 nitrogen and oxygen atoms in total. The van der Waals surface area contributed by atoms with Crippen molar-refractivity contribution >= 4 is 11.6 Å². The number of carbonyl (C=O) groups excluding carboxylic acids is 1. The van der Waals surface area contributed by atoms with E-state index >= 15 is 0 Å². The van der Waals surface area contributed by atoms with Crippen LogP contribution in [0.5, 0.6) is 0 Å². The second kappa shape index (κ2) is 6.98. The van der Waals surface area contributed by atoms with Crippen LogP contribution in [0.4, 0.5) is 5.69 Å². The van der Waals surface area contributed by atoms with Gasteiger partial charge >= 0.3 is 0 Å². The molecule has 0 unspecified atom stereocenters. The lowest BCUT2D eigenvalue weighted by Gasteiger charge is -2.30. The van der Waals surface area contributed by atoms with Crippen molar-refractivity contribution in [1.82, 2.24) is 14.4 Å². The van der Waals surface area contributed by atoms with Gasteiger partial charge in [-0.1, -0.05) is 12.8 Å². The highest BCUT2D eigenvalue weighted by molar-refractivity contribution is 5.94. The molecule has 0 aliphatic heterocycles. The van der Waals surface area contributed by atoms with Crippen LogP contribution in [0.25, 0.3) is 0 Å². The highest BCUT2D eigenvalue weighted by Crippen LogP contribution is 2.25. The molecule has 1 amide bonds. The van der Waals surface area contributed by atoms with Gasteiger partial charge in [-0.05, 0) is 39.9 Å². The number of nitrogens with zero attached hydrogens (tertiary/aromatic N) is 3. The first-order valence-corrected chi connectivity index (χ1v) is 7.94. The zero-order chi connectivity index (χ0) is 15.4. The molecule has 21 heavy (non-hydrogen) atoms. The van der Waals surface area contributed by atoms with E-state index in [0.29, 0.717) is 11.7 Å². The van der Waals surface area contributed by atoms with Crippen molar-refractivity contribution in [2.75, 3.05) is 32.9 Å². The Kier molecular flexibility index (Phi) is 5.28. The molecule has 1 aliphatic rings. The summed E-state index contributed by atoms with van der Waals surface area (Å²) in [7, 11) is 4.09. The smallest absolute Gasteiger partial charge is 0.270 e. The molecule has 118 valence electrons. The number of anilines is 1. The van der Waals surface area contributed by atoms with E-state index < -0.39 is 0 Å². The van der Waals surface area contributed by atoms with E-state index in [1.165, 1.54) is 12.8 Å². The van der Waals surface area contributed by atoms with Crippen LogP contribution in [-0.2, 0) is 6.54 Å². The summed E-state index contributed by atoms with van der Waals surface area (Å²) >= 11 is 0. The van der Waals surface area contributed by atoms with Crippen LogP contribution < -0.4 is 5.73 Å². The Bertz CT molecular complexity index is 475. The molecule has 2 N–H and O–H groups in total. The molecule has 2 rings (SSSR count). The molecule has 1 heterocycles. The van der Waals surface area contributed by atoms with Gasteiger partial charge in [0.05, 0.1) is 5.69 Å². The first-order chi connectivity index (χ1) is 10.0. The Balaban J connectivity index is 2.19. The lowest BCUT2D eigenvalue weighted by molar-refractivity contribution is 0.0656. The number of aromatic nitrogens is 1. The second-order valence-electron chi connectivity index (χ2n) is 6.18. The van der Waals surface area contributed by atoms with E-state index in [4.69, 9.17) is 5.73 Å². The molecule has 1 aliphatic carbocycles. The number of nitrogens with two attached hydrogens (primary N) is 1. The number of aryl methyl sites for hydroxylation is 1. The fraction of sp³-hybridized carbons (Fsp3) is 0.688. The van der Waals surface area contributed by atoms with Crippen molar-refractivity contribution in [3.05, 3.63) is 18.0 Å². The number of amides is 1. The number of likely N-dealkylation sites (N-methyl/N-ethyl adjacent to an activating group) is 1. The predicted molar refractivity (Wildman–Crippen MR) is 86.4 cm³/mol. The Morgan fingerprint density at radius 2 is 2.00 bits per heavy atom. The van der Waals surface area contributed by atoms with Gasteiger partial charge in [0.2, 0.25) is 0 Å². The standard InChI is InChI=1S/C16H28N4O/c1-4-19-12-13(17)11-15(19)16(21)20(10-9-18(2)3)14-7-5-6-8-14/h11-12,14H,4-10,17H2,1-3H3. The maximum Gasteiger partial charge on any atom is 0.270 e. The Morgan fingerprint density at radius 3 is 2.57 bits per heavy atom. The van der Waals surface area contributed by atoms with Crippen molar-refractivity contribution in [1.29, 1.82) is 0 Å². The monoisotopic (exact) mass is 292 g/mol. The molecule has 0 radical (unpaired) electrons. The summed E-state index contributed by atoms with van der Waals surface area (Å²) in [5.41, 5.74) is 7.26. The quantitative estimate of drug-likeness (QED) is 0.873. The van der Waals surface area contributed by atoms with E-state index in [2.05, 4.69) is 9.80 Å². The minimum Gasteiger partial charge on any atom is -0.397 e. The van der Waals surface area contributed by atoms with Crippen LogP contribution >= 0.6 is 0 Å². The zero-order valence-corrected chi connectivity index (χ0v) is 13.5. The lowest BCUT2D eigenvalue weighted by Crippen LogP contribution is -2.43. The van der Waals surface area contributed by atoms with Crippen LogP contribution in [0, 0.1) is 0 Å². The van der Waals surface area contributed by atoms with Crippen molar-refractivity contribution in [3.8, 4) is 0 Å². The molecule has 5 heteroatoms. The summed E-state index contributed by atoms with van der Waals surface area (Å²) in [6.07, 6.45) is 6.57. The summed E-state index contributed by atoms with van der Waals surface area (Å²) in [5.74, 6) is 0.127. The van der Waals surface area contributed by atoms with Gasteiger partial charge < -0.3 is 20.1 Å². The fourth-order valence-electron chi connectivity index (χ4n) is 3.09. The van der Waals surface area contributed by atoms with Crippen molar-refractivity contribution in [3.63, 3.8) is 0 Å². The minimum absolute atomic E-state index is 0.127. The SMILES string of the molecule is CCn1cc(N)cc1C(=O)N(CCN(C)C)C1CCCC1. The highest BCUT2D eigenvalue weighted by atomic mass is 16.2. The third-order valence-electron chi connectivity index (χ3n) is 4.29. The van der Waals surface area contributed by atoms with E-state index in [1.807, 2.05) is 37.8 Å². The van der Waals surface area contributed by atoms with E-state index in [1.54, 1.807) is 0 Å². The van der Waals surface area contributed by atoms with Gasteiger partial charge in [-0.25, -0.2) is 0 Å². The van der Waals surface area contributed by atoms with Gasteiger partial charge in [-0.3, -0.25) is 4.79 Å². The Labute approximate surface area is 127 Å². The number of hydrogen-bond donors (Lipinski definition) is 1. The number of hydrogen-bond acceptors (Lipinski definition) is 3. The van der Waals surface area contributed by atoms with Crippen molar-refractivity contribution < 1.29 is 4.79 Å². The van der Waals surface area contributed by atoms with Gasteiger partial charge in [0.1, 0.15) is 5.69 Å². The van der Waals surface area contributed by atoms with Gasteiger partial charge in [0.15, 0.2) is 0 Å². The van der Waals surface area contributed by atoms with Gasteiger partial charge in [-0.2, -0.15) is 0 Å². The van der Waals surface area contributed by atoms with Crippen LogP contribution in [0.2, 0.25) is 0 Å². The highest BCUT2D eigenvalue weighted by Gasteiger charge is 2.28. The fourth-order valence-corrected chi connectivity index (χ4v) is 3.09. The first kappa shape index (κ1) is 15.9. The molecule has 0 bridgehead atoms. The third kappa shape index (κ3) is 3.79. The minimum atomic E-state index is 0.127. The largest absolute Gasteiger partial charge is 0.397 e. The normalized spacial score (nSPS) is 15.8. The predicted octanol–water partition coefficient (Wildman–Crippen LogP) is 2.04. The van der Waals surface area contributed by atoms with Crippen molar-refractivity contribution in [2.24, 2.45) is 0 Å². The molecule has 0 atom stereocenters. The van der Waals surface area contributed by atoms with Crippen LogP contribution in [0.3, 0.4) is 0 Å². The van der Waals surface area contributed by atoms with Crippen LogP contribution in [0.15, 0.2) is 12.3 Å².